The third kappa shape index (κ3) is 4.09. The van der Waals surface area contributed by atoms with Crippen LogP contribution in [0, 0.1) is 13.0 Å². The first kappa shape index (κ1) is 18.7. The number of allylic oxidation sites excluding steroid dienone is 1. The predicted molar refractivity (Wildman–Crippen MR) is 80.6 cm³/mol. The van der Waals surface area contributed by atoms with Crippen LogP contribution in [0.3, 0.4) is 0 Å². The first-order valence-electron chi connectivity index (χ1n) is 6.88. The van der Waals surface area contributed by atoms with E-state index < -0.39 is 5.38 Å². The molecule has 1 radical (unpaired) electrons. The fourth-order valence-corrected chi connectivity index (χ4v) is 2.56. The summed E-state index contributed by atoms with van der Waals surface area (Å²) in [5.74, 6) is 0.797. The maximum absolute atomic E-state index is 12.1. The minimum absolute atomic E-state index is 0. The number of carbonyl (C=O) groups is 1. The van der Waals surface area contributed by atoms with E-state index in [2.05, 4.69) is 6.08 Å². The molecule has 0 bridgehead atoms. The summed E-state index contributed by atoms with van der Waals surface area (Å²) in [6.07, 6.45) is 3.72. The molecule has 1 heterocycles. The van der Waals surface area contributed by atoms with Crippen molar-refractivity contribution in [3.63, 3.8) is 0 Å². The quantitative estimate of drug-likeness (QED) is 0.591. The minimum Gasteiger partial charge on any atom is -0.494 e. The van der Waals surface area contributed by atoms with Gasteiger partial charge in [-0.2, -0.15) is 0 Å². The Morgan fingerprint density at radius 2 is 2.14 bits per heavy atom. The zero-order valence-electron chi connectivity index (χ0n) is 12.6. The Bertz CT molecular complexity index is 545. The number of carbonyl (C=O) groups excluding carboxylic acids is 1. The second kappa shape index (κ2) is 8.31. The van der Waals surface area contributed by atoms with E-state index in [9.17, 15) is 4.79 Å². The SMILES string of the molecule is CCOc1ccc(C2=[C-]CC(Cl)C(=O)N2CC)c(C)c1.[Y]. The third-order valence-corrected chi connectivity index (χ3v) is 3.67. The number of ether oxygens (including phenoxy) is 1. The van der Waals surface area contributed by atoms with E-state index in [0.717, 1.165) is 22.6 Å². The molecule has 1 amide bonds. The van der Waals surface area contributed by atoms with Gasteiger partial charge in [-0.15, -0.1) is 34.5 Å². The molecular formula is C16H19ClNO2Y-. The monoisotopic (exact) mass is 381 g/mol. The van der Waals surface area contributed by atoms with Gasteiger partial charge >= 0.3 is 0 Å². The zero-order chi connectivity index (χ0) is 14.7. The fraction of sp³-hybridized carbons (Fsp3) is 0.438. The summed E-state index contributed by atoms with van der Waals surface area (Å²) in [6, 6.07) is 5.89. The van der Waals surface area contributed by atoms with Gasteiger partial charge < -0.3 is 9.64 Å². The molecular weight excluding hydrogens is 363 g/mol. The van der Waals surface area contributed by atoms with E-state index in [0.29, 0.717) is 19.6 Å². The Kier molecular flexibility index (Phi) is 7.39. The van der Waals surface area contributed by atoms with Crippen molar-refractivity contribution in [3.8, 4) is 5.75 Å². The molecule has 1 unspecified atom stereocenters. The van der Waals surface area contributed by atoms with E-state index in [-0.39, 0.29) is 38.6 Å². The van der Waals surface area contributed by atoms with Crippen molar-refractivity contribution < 1.29 is 42.2 Å². The summed E-state index contributed by atoms with van der Waals surface area (Å²) in [5, 5.41) is -0.498. The number of aryl methyl sites for hydroxylation is 1. The van der Waals surface area contributed by atoms with Gasteiger partial charge in [0.15, 0.2) is 0 Å². The molecule has 1 aliphatic rings. The van der Waals surface area contributed by atoms with Gasteiger partial charge in [0, 0.05) is 39.3 Å². The van der Waals surface area contributed by atoms with Gasteiger partial charge in [0.1, 0.15) is 11.1 Å². The van der Waals surface area contributed by atoms with E-state index in [1.165, 1.54) is 0 Å². The van der Waals surface area contributed by atoms with Crippen molar-refractivity contribution in [3.05, 3.63) is 35.4 Å². The summed E-state index contributed by atoms with van der Waals surface area (Å²) < 4.78 is 5.49. The number of halogens is 1. The molecule has 0 aliphatic carbocycles. The molecule has 3 nitrogen and oxygen atoms in total. The van der Waals surface area contributed by atoms with Gasteiger partial charge in [-0.05, 0) is 26.0 Å². The first-order valence-corrected chi connectivity index (χ1v) is 7.32. The second-order valence-electron chi connectivity index (χ2n) is 4.69. The second-order valence-corrected chi connectivity index (χ2v) is 5.22. The molecule has 0 aromatic heterocycles. The first-order chi connectivity index (χ1) is 9.58. The Labute approximate surface area is 156 Å². The molecule has 21 heavy (non-hydrogen) atoms. The number of rotatable bonds is 4. The summed E-state index contributed by atoms with van der Waals surface area (Å²) in [6.45, 7) is 7.15. The van der Waals surface area contributed by atoms with Gasteiger partial charge in [0.05, 0.1) is 6.61 Å². The maximum atomic E-state index is 12.1. The van der Waals surface area contributed by atoms with Crippen LogP contribution in [0.2, 0.25) is 0 Å². The van der Waals surface area contributed by atoms with E-state index >= 15 is 0 Å². The van der Waals surface area contributed by atoms with E-state index in [1.807, 2.05) is 39.0 Å². The molecule has 0 saturated carbocycles. The van der Waals surface area contributed by atoms with Crippen LogP contribution in [0.5, 0.6) is 5.75 Å². The Morgan fingerprint density at radius 3 is 2.71 bits per heavy atom. The number of amides is 1. The molecule has 0 N–H and O–H groups in total. The van der Waals surface area contributed by atoms with Gasteiger partial charge in [0.2, 0.25) is 5.91 Å². The number of alkyl halides is 1. The largest absolute Gasteiger partial charge is 0.494 e. The molecule has 0 spiro atoms. The van der Waals surface area contributed by atoms with Crippen molar-refractivity contribution in [2.75, 3.05) is 13.2 Å². The molecule has 1 atom stereocenters. The summed E-state index contributed by atoms with van der Waals surface area (Å²) >= 11 is 6.01. The standard InChI is InChI=1S/C16H19ClNO2.Y/c1-4-18-15(9-8-14(17)16(18)19)13-7-6-12(20-5-2)10-11(13)3;/h6-7,10,14H,4-5,8H2,1-3H3;/q-1;. The molecule has 1 aromatic carbocycles. The van der Waals surface area contributed by atoms with Crippen molar-refractivity contribution in [2.24, 2.45) is 0 Å². The third-order valence-electron chi connectivity index (χ3n) is 3.33. The Morgan fingerprint density at radius 1 is 1.43 bits per heavy atom. The molecule has 2 rings (SSSR count). The zero-order valence-corrected chi connectivity index (χ0v) is 16.2. The Hall–Kier alpha value is -0.376. The van der Waals surface area contributed by atoms with Gasteiger partial charge in [-0.25, -0.2) is 6.08 Å². The average Bonchev–Trinajstić information content (AvgIpc) is 2.43. The normalized spacial score (nSPS) is 18.1. The number of hydrogen-bond donors (Lipinski definition) is 0. The molecule has 0 fully saturated rings. The van der Waals surface area contributed by atoms with Gasteiger partial charge in [-0.1, -0.05) is 13.3 Å². The number of hydrogen-bond acceptors (Lipinski definition) is 2. The summed E-state index contributed by atoms with van der Waals surface area (Å²) in [4.78, 5) is 13.8. The number of nitrogens with zero attached hydrogens (tertiary/aromatic N) is 1. The van der Waals surface area contributed by atoms with Crippen LogP contribution in [0.25, 0.3) is 5.70 Å². The van der Waals surface area contributed by atoms with E-state index in [1.54, 1.807) is 4.90 Å². The van der Waals surface area contributed by atoms with Crippen LogP contribution < -0.4 is 4.74 Å². The van der Waals surface area contributed by atoms with Crippen LogP contribution in [0.1, 0.15) is 31.4 Å². The van der Waals surface area contributed by atoms with Crippen molar-refractivity contribution >= 4 is 23.2 Å². The summed E-state index contributed by atoms with van der Waals surface area (Å²) in [7, 11) is 0. The number of benzene rings is 1. The molecule has 5 heteroatoms. The maximum Gasteiger partial charge on any atom is 0.241 e. The van der Waals surface area contributed by atoms with Crippen LogP contribution in [-0.2, 0) is 37.5 Å². The van der Waals surface area contributed by atoms with Gasteiger partial charge in [0.25, 0.3) is 0 Å². The Balaban J connectivity index is 0.00000220. The van der Waals surface area contributed by atoms with Crippen molar-refractivity contribution in [1.82, 2.24) is 4.90 Å². The minimum atomic E-state index is -0.498. The molecule has 1 aliphatic heterocycles. The van der Waals surface area contributed by atoms with Crippen LogP contribution in [0.4, 0.5) is 0 Å². The molecule has 1 aromatic rings. The fourth-order valence-electron chi connectivity index (χ4n) is 2.36. The van der Waals surface area contributed by atoms with Gasteiger partial charge in [-0.3, -0.25) is 4.79 Å². The average molecular weight is 382 g/mol. The van der Waals surface area contributed by atoms with Crippen molar-refractivity contribution in [1.29, 1.82) is 0 Å². The van der Waals surface area contributed by atoms with Crippen molar-refractivity contribution in [2.45, 2.75) is 32.6 Å². The van der Waals surface area contributed by atoms with Crippen LogP contribution >= 0.6 is 11.6 Å². The van der Waals surface area contributed by atoms with E-state index in [4.69, 9.17) is 16.3 Å². The smallest absolute Gasteiger partial charge is 0.241 e. The molecule has 0 saturated heterocycles. The predicted octanol–water partition coefficient (Wildman–Crippen LogP) is 3.39. The topological polar surface area (TPSA) is 29.5 Å². The van der Waals surface area contributed by atoms with Crippen LogP contribution in [-0.4, -0.2) is 29.3 Å². The molecule has 111 valence electrons. The van der Waals surface area contributed by atoms with Crippen LogP contribution in [0.15, 0.2) is 18.2 Å². The summed E-state index contributed by atoms with van der Waals surface area (Å²) in [5.41, 5.74) is 2.90.